The molecule has 1 saturated heterocycles. The van der Waals surface area contributed by atoms with Gasteiger partial charge in [0, 0.05) is 25.0 Å². The van der Waals surface area contributed by atoms with E-state index >= 15 is 0 Å². The van der Waals surface area contributed by atoms with Crippen molar-refractivity contribution >= 4 is 18.1 Å². The van der Waals surface area contributed by atoms with E-state index in [1.807, 2.05) is 22.6 Å². The van der Waals surface area contributed by atoms with E-state index in [4.69, 9.17) is 12.2 Å². The Labute approximate surface area is 100 Å². The predicted molar refractivity (Wildman–Crippen MR) is 64.8 cm³/mol. The van der Waals surface area contributed by atoms with Crippen LogP contribution in [0.4, 0.5) is 0 Å². The van der Waals surface area contributed by atoms with Gasteiger partial charge in [0.05, 0.1) is 0 Å². The third-order valence-corrected chi connectivity index (χ3v) is 3.27. The van der Waals surface area contributed by atoms with Gasteiger partial charge in [0.15, 0.2) is 4.77 Å². The zero-order valence-corrected chi connectivity index (χ0v) is 10.3. The largest absolute Gasteiger partial charge is 0.341 e. The number of amides is 1. The van der Waals surface area contributed by atoms with Crippen molar-refractivity contribution in [2.24, 2.45) is 0 Å². The molecule has 2 heterocycles. The molecule has 1 aromatic rings. The first-order chi connectivity index (χ1) is 7.66. The lowest BCUT2D eigenvalue weighted by Gasteiger charge is -2.26. The standard InChI is InChI=1S/C11H17N3OS/c1-9-7-14(11(16)12-9)8-10(15)13-5-3-2-4-6-13/h7H,2-6,8H2,1H3,(H,12,16). The number of piperidine rings is 1. The number of H-pyrrole nitrogens is 1. The van der Waals surface area contributed by atoms with E-state index in [2.05, 4.69) is 4.98 Å². The summed E-state index contributed by atoms with van der Waals surface area (Å²) in [7, 11) is 0. The van der Waals surface area contributed by atoms with Crippen LogP contribution in [0.5, 0.6) is 0 Å². The first kappa shape index (κ1) is 11.4. The summed E-state index contributed by atoms with van der Waals surface area (Å²) < 4.78 is 2.43. The van der Waals surface area contributed by atoms with Crippen molar-refractivity contribution in [1.82, 2.24) is 14.5 Å². The van der Waals surface area contributed by atoms with Gasteiger partial charge in [-0.15, -0.1) is 0 Å². The van der Waals surface area contributed by atoms with E-state index < -0.39 is 0 Å². The summed E-state index contributed by atoms with van der Waals surface area (Å²) in [5.74, 6) is 0.176. The Morgan fingerprint density at radius 3 is 2.69 bits per heavy atom. The Kier molecular flexibility index (Phi) is 3.43. The monoisotopic (exact) mass is 239 g/mol. The predicted octanol–water partition coefficient (Wildman–Crippen LogP) is 1.87. The van der Waals surface area contributed by atoms with Crippen LogP contribution in [0, 0.1) is 11.7 Å². The lowest BCUT2D eigenvalue weighted by atomic mass is 10.1. The first-order valence-electron chi connectivity index (χ1n) is 5.70. The topological polar surface area (TPSA) is 41.0 Å². The Hall–Kier alpha value is -1.10. The fraction of sp³-hybridized carbons (Fsp3) is 0.636. The fourth-order valence-corrected chi connectivity index (χ4v) is 2.35. The van der Waals surface area contributed by atoms with Gasteiger partial charge in [0.25, 0.3) is 0 Å². The molecule has 0 spiro atoms. The Morgan fingerprint density at radius 1 is 1.44 bits per heavy atom. The van der Waals surface area contributed by atoms with Crippen molar-refractivity contribution in [2.45, 2.75) is 32.7 Å². The number of carbonyl (C=O) groups is 1. The van der Waals surface area contributed by atoms with Crippen molar-refractivity contribution < 1.29 is 4.79 Å². The molecule has 2 rings (SSSR count). The van der Waals surface area contributed by atoms with Gasteiger partial charge in [-0.05, 0) is 38.4 Å². The van der Waals surface area contributed by atoms with E-state index in [0.717, 1.165) is 31.6 Å². The molecule has 4 nitrogen and oxygen atoms in total. The quantitative estimate of drug-likeness (QED) is 0.800. The molecule has 0 unspecified atom stereocenters. The van der Waals surface area contributed by atoms with Gasteiger partial charge in [-0.2, -0.15) is 0 Å². The zero-order valence-electron chi connectivity index (χ0n) is 9.53. The minimum Gasteiger partial charge on any atom is -0.341 e. The number of aromatic amines is 1. The van der Waals surface area contributed by atoms with Gasteiger partial charge >= 0.3 is 0 Å². The molecule has 1 aromatic heterocycles. The summed E-state index contributed by atoms with van der Waals surface area (Å²) in [5.41, 5.74) is 0.997. The number of likely N-dealkylation sites (tertiary alicyclic amines) is 1. The van der Waals surface area contributed by atoms with E-state index in [0.29, 0.717) is 11.3 Å². The lowest BCUT2D eigenvalue weighted by Crippen LogP contribution is -2.37. The van der Waals surface area contributed by atoms with E-state index in [1.54, 1.807) is 0 Å². The van der Waals surface area contributed by atoms with Crippen LogP contribution in [-0.2, 0) is 11.3 Å². The highest BCUT2D eigenvalue weighted by Gasteiger charge is 2.16. The number of aromatic nitrogens is 2. The summed E-state index contributed by atoms with van der Waals surface area (Å²) in [6.07, 6.45) is 5.39. The average molecular weight is 239 g/mol. The second kappa shape index (κ2) is 4.82. The number of nitrogens with zero attached hydrogens (tertiary/aromatic N) is 2. The molecule has 5 heteroatoms. The molecule has 1 fully saturated rings. The molecule has 1 amide bonds. The summed E-state index contributed by atoms with van der Waals surface area (Å²) in [4.78, 5) is 16.9. The van der Waals surface area contributed by atoms with Crippen LogP contribution in [0.15, 0.2) is 6.20 Å². The van der Waals surface area contributed by atoms with Crippen LogP contribution in [-0.4, -0.2) is 33.4 Å². The van der Waals surface area contributed by atoms with Crippen LogP contribution in [0.2, 0.25) is 0 Å². The second-order valence-corrected chi connectivity index (χ2v) is 4.70. The maximum absolute atomic E-state index is 12.0. The van der Waals surface area contributed by atoms with E-state index in [-0.39, 0.29) is 5.91 Å². The number of hydrogen-bond donors (Lipinski definition) is 1. The van der Waals surface area contributed by atoms with Gasteiger partial charge in [-0.1, -0.05) is 0 Å². The van der Waals surface area contributed by atoms with Gasteiger partial charge in [0.2, 0.25) is 5.91 Å². The molecule has 0 bridgehead atoms. The molecule has 0 radical (unpaired) electrons. The number of imidazole rings is 1. The number of carbonyl (C=O) groups excluding carboxylic acids is 1. The number of aryl methyl sites for hydroxylation is 1. The highest BCUT2D eigenvalue weighted by molar-refractivity contribution is 7.71. The number of nitrogens with one attached hydrogen (secondary N) is 1. The number of rotatable bonds is 2. The molecule has 1 aliphatic rings. The summed E-state index contributed by atoms with van der Waals surface area (Å²) >= 11 is 5.13. The maximum Gasteiger partial charge on any atom is 0.242 e. The third-order valence-electron chi connectivity index (χ3n) is 2.93. The van der Waals surface area contributed by atoms with Crippen molar-refractivity contribution in [2.75, 3.05) is 13.1 Å². The Balaban J connectivity index is 2.01. The molecule has 0 aromatic carbocycles. The molecular weight excluding hydrogens is 222 g/mol. The van der Waals surface area contributed by atoms with Crippen molar-refractivity contribution in [1.29, 1.82) is 0 Å². The van der Waals surface area contributed by atoms with Crippen LogP contribution >= 0.6 is 12.2 Å². The summed E-state index contributed by atoms with van der Waals surface area (Å²) in [6.45, 7) is 4.10. The minimum atomic E-state index is 0.176. The molecule has 88 valence electrons. The maximum atomic E-state index is 12.0. The minimum absolute atomic E-state index is 0.176. The SMILES string of the molecule is Cc1cn(CC(=O)N2CCCCC2)c(=S)[nH]1. The highest BCUT2D eigenvalue weighted by atomic mass is 32.1. The summed E-state index contributed by atoms with van der Waals surface area (Å²) in [5, 5.41) is 0. The van der Waals surface area contributed by atoms with Crippen LogP contribution < -0.4 is 0 Å². The van der Waals surface area contributed by atoms with Crippen molar-refractivity contribution in [3.05, 3.63) is 16.7 Å². The van der Waals surface area contributed by atoms with E-state index in [9.17, 15) is 4.79 Å². The third kappa shape index (κ3) is 2.52. The van der Waals surface area contributed by atoms with Crippen molar-refractivity contribution in [3.63, 3.8) is 0 Å². The van der Waals surface area contributed by atoms with Crippen molar-refractivity contribution in [3.8, 4) is 0 Å². The molecule has 16 heavy (non-hydrogen) atoms. The highest BCUT2D eigenvalue weighted by Crippen LogP contribution is 2.09. The van der Waals surface area contributed by atoms with Gasteiger partial charge in [-0.3, -0.25) is 4.79 Å². The average Bonchev–Trinajstić information content (AvgIpc) is 2.59. The van der Waals surface area contributed by atoms with E-state index in [1.165, 1.54) is 6.42 Å². The summed E-state index contributed by atoms with van der Waals surface area (Å²) in [6, 6.07) is 0. The van der Waals surface area contributed by atoms with Gasteiger partial charge in [0.1, 0.15) is 6.54 Å². The Bertz CT molecular complexity index is 429. The first-order valence-corrected chi connectivity index (χ1v) is 6.11. The van der Waals surface area contributed by atoms with Crippen LogP contribution in [0.25, 0.3) is 0 Å². The molecular formula is C11H17N3OS. The van der Waals surface area contributed by atoms with Gasteiger partial charge < -0.3 is 14.5 Å². The van der Waals surface area contributed by atoms with Gasteiger partial charge in [-0.25, -0.2) is 0 Å². The smallest absolute Gasteiger partial charge is 0.242 e. The molecule has 0 atom stereocenters. The number of hydrogen-bond acceptors (Lipinski definition) is 2. The van der Waals surface area contributed by atoms with Crippen LogP contribution in [0.3, 0.4) is 0 Å². The molecule has 1 aliphatic heterocycles. The van der Waals surface area contributed by atoms with Crippen LogP contribution in [0.1, 0.15) is 25.0 Å². The lowest BCUT2D eigenvalue weighted by molar-refractivity contribution is -0.132. The fourth-order valence-electron chi connectivity index (χ4n) is 2.07. The zero-order chi connectivity index (χ0) is 11.5. The molecule has 0 aliphatic carbocycles. The normalized spacial score (nSPS) is 16.4. The molecule has 1 N–H and O–H groups in total. The molecule has 0 saturated carbocycles. The second-order valence-electron chi connectivity index (χ2n) is 4.31. The Morgan fingerprint density at radius 2 is 2.12 bits per heavy atom.